The molecule has 4 nitrogen and oxygen atoms in total. The van der Waals surface area contributed by atoms with E-state index in [-0.39, 0.29) is 11.6 Å². The number of carbonyl (C=O) groups is 1. The van der Waals surface area contributed by atoms with Crippen molar-refractivity contribution in [2.45, 2.75) is 37.7 Å². The number of aromatic nitrogens is 2. The van der Waals surface area contributed by atoms with Crippen LogP contribution in [0.1, 0.15) is 35.7 Å². The van der Waals surface area contributed by atoms with Crippen molar-refractivity contribution in [2.75, 3.05) is 5.32 Å². The van der Waals surface area contributed by atoms with Gasteiger partial charge < -0.3 is 5.32 Å². The van der Waals surface area contributed by atoms with Gasteiger partial charge in [0.05, 0.1) is 0 Å². The highest BCUT2D eigenvalue weighted by Gasteiger charge is 2.43. The molecule has 0 radical (unpaired) electrons. The molecule has 0 spiro atoms. The van der Waals surface area contributed by atoms with Crippen molar-refractivity contribution in [3.8, 4) is 0 Å². The SMILES string of the molecule is O=C(Cn1nc(C(F)(F)F)cc1C1CC1)Nc1c(F)c(F)c(C(F)(F)F)c(F)c1F. The average Bonchev–Trinajstić information content (AvgIpc) is 3.35. The Morgan fingerprint density at radius 1 is 0.967 bits per heavy atom. The van der Waals surface area contributed by atoms with Gasteiger partial charge in [-0.25, -0.2) is 17.6 Å². The highest BCUT2D eigenvalue weighted by atomic mass is 19.4. The number of anilines is 1. The number of halogens is 10. The molecule has 2 aromatic rings. The van der Waals surface area contributed by atoms with E-state index in [1.54, 1.807) is 0 Å². The van der Waals surface area contributed by atoms with E-state index in [0.717, 1.165) is 0 Å². The number of nitrogens with one attached hydrogen (secondary N) is 1. The maximum absolute atomic E-state index is 13.8. The maximum Gasteiger partial charge on any atom is 0.435 e. The van der Waals surface area contributed by atoms with Crippen molar-refractivity contribution in [1.82, 2.24) is 9.78 Å². The molecule has 1 aromatic heterocycles. The van der Waals surface area contributed by atoms with E-state index in [4.69, 9.17) is 0 Å². The molecule has 0 unspecified atom stereocenters. The van der Waals surface area contributed by atoms with Crippen molar-refractivity contribution in [3.05, 3.63) is 46.3 Å². The number of hydrogen-bond donors (Lipinski definition) is 1. The molecule has 1 N–H and O–H groups in total. The summed E-state index contributed by atoms with van der Waals surface area (Å²) in [7, 11) is 0. The molecular weight excluding hydrogens is 440 g/mol. The average molecular weight is 449 g/mol. The fraction of sp³-hybridized carbons (Fsp3) is 0.375. The zero-order valence-corrected chi connectivity index (χ0v) is 14.4. The van der Waals surface area contributed by atoms with Gasteiger partial charge >= 0.3 is 12.4 Å². The zero-order valence-electron chi connectivity index (χ0n) is 14.4. The molecule has 1 fully saturated rings. The predicted octanol–water partition coefficient (Wildman–Crippen LogP) is 4.99. The molecule has 0 saturated heterocycles. The van der Waals surface area contributed by atoms with Crippen LogP contribution in [-0.2, 0) is 23.7 Å². The second kappa shape index (κ2) is 7.16. The van der Waals surface area contributed by atoms with Crippen molar-refractivity contribution < 1.29 is 48.7 Å². The fourth-order valence-electron chi connectivity index (χ4n) is 2.71. The van der Waals surface area contributed by atoms with Crippen LogP contribution >= 0.6 is 0 Å². The molecule has 0 atom stereocenters. The highest BCUT2D eigenvalue weighted by molar-refractivity contribution is 5.91. The summed E-state index contributed by atoms with van der Waals surface area (Å²) in [4.78, 5) is 12.0. The Labute approximate surface area is 160 Å². The van der Waals surface area contributed by atoms with Gasteiger partial charge in [-0.2, -0.15) is 31.4 Å². The number of nitrogens with zero attached hydrogens (tertiary/aromatic N) is 2. The van der Waals surface area contributed by atoms with E-state index < -0.39 is 65.0 Å². The third-order valence-electron chi connectivity index (χ3n) is 4.20. The van der Waals surface area contributed by atoms with Crippen LogP contribution in [0.15, 0.2) is 6.07 Å². The predicted molar refractivity (Wildman–Crippen MR) is 79.1 cm³/mol. The minimum Gasteiger partial charge on any atom is -0.319 e. The summed E-state index contributed by atoms with van der Waals surface area (Å²) in [5.41, 5.74) is -6.00. The Balaban J connectivity index is 1.90. The summed E-state index contributed by atoms with van der Waals surface area (Å²) in [5.74, 6) is -12.4. The lowest BCUT2D eigenvalue weighted by molar-refractivity contribution is -0.143. The molecule has 1 saturated carbocycles. The van der Waals surface area contributed by atoms with Gasteiger partial charge in [0.25, 0.3) is 0 Å². The van der Waals surface area contributed by atoms with Crippen LogP contribution in [0, 0.1) is 23.3 Å². The number of alkyl halides is 6. The van der Waals surface area contributed by atoms with Crippen LogP contribution in [-0.4, -0.2) is 15.7 Å². The molecule has 14 heteroatoms. The minimum absolute atomic E-state index is 0.00296. The van der Waals surface area contributed by atoms with Crippen molar-refractivity contribution in [3.63, 3.8) is 0 Å². The first kappa shape index (κ1) is 21.9. The number of carbonyl (C=O) groups excluding carboxylic acids is 1. The topological polar surface area (TPSA) is 46.9 Å². The molecule has 1 amide bonds. The molecule has 1 heterocycles. The molecule has 1 aromatic carbocycles. The second-order valence-electron chi connectivity index (χ2n) is 6.44. The normalized spacial score (nSPS) is 14.9. The van der Waals surface area contributed by atoms with Crippen LogP contribution in [0.3, 0.4) is 0 Å². The summed E-state index contributed by atoms with van der Waals surface area (Å²) in [6.07, 6.45) is -9.60. The van der Waals surface area contributed by atoms with E-state index in [1.807, 2.05) is 0 Å². The van der Waals surface area contributed by atoms with Gasteiger partial charge in [0.15, 0.2) is 29.0 Å². The molecule has 30 heavy (non-hydrogen) atoms. The van der Waals surface area contributed by atoms with Crippen molar-refractivity contribution in [2.24, 2.45) is 0 Å². The van der Waals surface area contributed by atoms with E-state index in [0.29, 0.717) is 23.6 Å². The first-order valence-electron chi connectivity index (χ1n) is 8.09. The summed E-state index contributed by atoms with van der Waals surface area (Å²) < 4.78 is 132. The lowest BCUT2D eigenvalue weighted by Gasteiger charge is -2.15. The van der Waals surface area contributed by atoms with Gasteiger partial charge in [0.2, 0.25) is 5.91 Å². The van der Waals surface area contributed by atoms with Crippen LogP contribution in [0.5, 0.6) is 0 Å². The third kappa shape index (κ3) is 4.07. The standard InChI is InChI=1S/C16H9F10N3O/c17-10-9(16(24,25)26)11(18)13(20)14(12(10)19)27-8(30)4-29-6(5-1-2-5)3-7(28-29)15(21,22)23/h3,5H,1-2,4H2,(H,27,30). The molecule has 0 bridgehead atoms. The molecule has 0 aliphatic heterocycles. The lowest BCUT2D eigenvalue weighted by atomic mass is 10.1. The minimum atomic E-state index is -5.76. The molecule has 3 rings (SSSR count). The van der Waals surface area contributed by atoms with Gasteiger partial charge in [0, 0.05) is 11.6 Å². The Morgan fingerprint density at radius 3 is 1.93 bits per heavy atom. The molecule has 164 valence electrons. The van der Waals surface area contributed by atoms with Gasteiger partial charge in [-0.15, -0.1) is 0 Å². The first-order chi connectivity index (χ1) is 13.7. The monoisotopic (exact) mass is 449 g/mol. The smallest absolute Gasteiger partial charge is 0.319 e. The van der Waals surface area contributed by atoms with E-state index >= 15 is 0 Å². The van der Waals surface area contributed by atoms with Gasteiger partial charge in [-0.05, 0) is 18.9 Å². The third-order valence-corrected chi connectivity index (χ3v) is 4.20. The largest absolute Gasteiger partial charge is 0.435 e. The molecular formula is C16H9F10N3O. The first-order valence-corrected chi connectivity index (χ1v) is 8.09. The second-order valence-corrected chi connectivity index (χ2v) is 6.44. The molecule has 1 aliphatic rings. The van der Waals surface area contributed by atoms with Crippen LogP contribution in [0.4, 0.5) is 49.6 Å². The van der Waals surface area contributed by atoms with E-state index in [9.17, 15) is 48.7 Å². The number of hydrogen-bond acceptors (Lipinski definition) is 2. The molecule has 1 aliphatic carbocycles. The van der Waals surface area contributed by atoms with Crippen LogP contribution in [0.2, 0.25) is 0 Å². The van der Waals surface area contributed by atoms with E-state index in [2.05, 4.69) is 5.10 Å². The Hall–Kier alpha value is -2.80. The van der Waals surface area contributed by atoms with Gasteiger partial charge in [-0.3, -0.25) is 9.48 Å². The van der Waals surface area contributed by atoms with Crippen LogP contribution in [0.25, 0.3) is 0 Å². The van der Waals surface area contributed by atoms with Gasteiger partial charge in [0.1, 0.15) is 17.8 Å². The summed E-state index contributed by atoms with van der Waals surface area (Å²) in [5, 5.41) is 4.54. The van der Waals surface area contributed by atoms with Crippen molar-refractivity contribution in [1.29, 1.82) is 0 Å². The fourth-order valence-corrected chi connectivity index (χ4v) is 2.71. The maximum atomic E-state index is 13.8. The Bertz CT molecular complexity index is 975. The van der Waals surface area contributed by atoms with Crippen molar-refractivity contribution >= 4 is 11.6 Å². The quantitative estimate of drug-likeness (QED) is 0.528. The zero-order chi connectivity index (χ0) is 22.6. The Morgan fingerprint density at radius 2 is 1.50 bits per heavy atom. The Kier molecular flexibility index (Phi) is 5.23. The number of rotatable bonds is 4. The highest BCUT2D eigenvalue weighted by Crippen LogP contribution is 2.42. The van der Waals surface area contributed by atoms with Crippen LogP contribution < -0.4 is 5.32 Å². The van der Waals surface area contributed by atoms with Gasteiger partial charge in [-0.1, -0.05) is 0 Å². The summed E-state index contributed by atoms with van der Waals surface area (Å²) in [6.45, 7) is -1.04. The number of amides is 1. The number of benzene rings is 1. The summed E-state index contributed by atoms with van der Waals surface area (Å²) in [6, 6.07) is 0.684. The summed E-state index contributed by atoms with van der Waals surface area (Å²) >= 11 is 0. The van der Waals surface area contributed by atoms with E-state index in [1.165, 1.54) is 5.32 Å². The lowest BCUT2D eigenvalue weighted by Crippen LogP contribution is -2.24.